The first kappa shape index (κ1) is 28.6. The van der Waals surface area contributed by atoms with Gasteiger partial charge in [-0.25, -0.2) is 0 Å². The van der Waals surface area contributed by atoms with Crippen molar-refractivity contribution in [2.75, 3.05) is 69.8 Å². The lowest BCUT2D eigenvalue weighted by Crippen LogP contribution is -2.49. The molecule has 2 aromatic rings. The van der Waals surface area contributed by atoms with Gasteiger partial charge in [-0.3, -0.25) is 14.5 Å². The molecular formula is C32H43N7O3. The van der Waals surface area contributed by atoms with E-state index in [2.05, 4.69) is 67.4 Å². The highest BCUT2D eigenvalue weighted by atomic mass is 16.5. The van der Waals surface area contributed by atoms with Crippen LogP contribution in [0.4, 0.5) is 11.5 Å². The highest BCUT2D eigenvalue weighted by Gasteiger charge is 2.46. The monoisotopic (exact) mass is 573 g/mol. The summed E-state index contributed by atoms with van der Waals surface area (Å²) >= 11 is 0. The summed E-state index contributed by atoms with van der Waals surface area (Å²) < 4.78 is 6.24. The van der Waals surface area contributed by atoms with E-state index in [4.69, 9.17) is 14.7 Å². The number of anilines is 2. The van der Waals surface area contributed by atoms with Crippen LogP contribution >= 0.6 is 0 Å². The quantitative estimate of drug-likeness (QED) is 0.468. The molecule has 1 aromatic heterocycles. The maximum atomic E-state index is 14.4. The maximum Gasteiger partial charge on any atom is 0.319 e. The Morgan fingerprint density at radius 1 is 1.12 bits per heavy atom. The summed E-state index contributed by atoms with van der Waals surface area (Å²) in [5.41, 5.74) is 4.77. The minimum Gasteiger partial charge on any atom is -0.462 e. The van der Waals surface area contributed by atoms with Gasteiger partial charge < -0.3 is 24.3 Å². The van der Waals surface area contributed by atoms with Crippen LogP contribution in [0.2, 0.25) is 0 Å². The second-order valence-electron chi connectivity index (χ2n) is 12.5. The molecule has 5 heterocycles. The van der Waals surface area contributed by atoms with Crippen molar-refractivity contribution in [2.45, 2.75) is 51.7 Å². The number of rotatable bonds is 7. The van der Waals surface area contributed by atoms with Crippen LogP contribution in [0.15, 0.2) is 30.9 Å². The average Bonchev–Trinajstić information content (AvgIpc) is 3.54. The van der Waals surface area contributed by atoms with E-state index in [0.29, 0.717) is 44.5 Å². The van der Waals surface area contributed by atoms with Crippen LogP contribution in [0.1, 0.15) is 59.9 Å². The van der Waals surface area contributed by atoms with E-state index in [9.17, 15) is 9.59 Å². The van der Waals surface area contributed by atoms with Crippen LogP contribution in [0.25, 0.3) is 0 Å². The predicted octanol–water partition coefficient (Wildman–Crippen LogP) is 3.13. The fourth-order valence-corrected chi connectivity index (χ4v) is 6.99. The van der Waals surface area contributed by atoms with Gasteiger partial charge in [0.25, 0.3) is 5.91 Å². The zero-order valence-electron chi connectivity index (χ0n) is 25.4. The summed E-state index contributed by atoms with van der Waals surface area (Å²) in [6.45, 7) is 13.7. The molecular weight excluding hydrogens is 530 g/mol. The molecule has 0 spiro atoms. The lowest BCUT2D eigenvalue weighted by molar-refractivity contribution is -0.126. The number of fused-ring (bicyclic) bond motifs is 2. The Morgan fingerprint density at radius 3 is 2.60 bits per heavy atom. The molecule has 6 rings (SSSR count). The number of likely N-dealkylation sites (tertiary alicyclic amines) is 1. The molecule has 1 unspecified atom stereocenters. The van der Waals surface area contributed by atoms with Crippen molar-refractivity contribution < 1.29 is 14.3 Å². The fraction of sp³-hybridized carbons (Fsp3) is 0.562. The third kappa shape index (κ3) is 5.15. The van der Waals surface area contributed by atoms with Gasteiger partial charge in [-0.15, -0.1) is 0 Å². The van der Waals surface area contributed by atoms with E-state index >= 15 is 0 Å². The van der Waals surface area contributed by atoms with E-state index in [-0.39, 0.29) is 29.8 Å². The Labute approximate surface area is 248 Å². The summed E-state index contributed by atoms with van der Waals surface area (Å²) in [6.07, 6.45) is 4.55. The van der Waals surface area contributed by atoms with Crippen LogP contribution in [0, 0.1) is 5.92 Å². The number of piperazine rings is 1. The summed E-state index contributed by atoms with van der Waals surface area (Å²) in [5.74, 6) is 0.707. The largest absolute Gasteiger partial charge is 0.462 e. The van der Waals surface area contributed by atoms with Crippen molar-refractivity contribution in [3.05, 3.63) is 53.2 Å². The minimum absolute atomic E-state index is 0.0625. The molecule has 42 heavy (non-hydrogen) atoms. The van der Waals surface area contributed by atoms with E-state index in [0.717, 1.165) is 56.0 Å². The first-order chi connectivity index (χ1) is 20.3. The lowest BCUT2D eigenvalue weighted by atomic mass is 9.94. The van der Waals surface area contributed by atoms with Crippen LogP contribution in [-0.2, 0) is 17.8 Å². The summed E-state index contributed by atoms with van der Waals surface area (Å²) in [5, 5.41) is 0. The topological polar surface area (TPSA) is 85.3 Å². The smallest absolute Gasteiger partial charge is 0.319 e. The molecule has 0 N–H and O–H groups in total. The Morgan fingerprint density at radius 2 is 1.90 bits per heavy atom. The maximum absolute atomic E-state index is 14.4. The van der Waals surface area contributed by atoms with Crippen LogP contribution in [0.3, 0.4) is 0 Å². The SMILES string of the molecule is C=CC(=O)N1CCN(c2nc(OCC3CCCN3C)nc3c2[C@H](C(C)C)N(c2cccc4c2CN(C)CC4)C3=O)CC1. The second kappa shape index (κ2) is 11.6. The van der Waals surface area contributed by atoms with E-state index < -0.39 is 0 Å². The van der Waals surface area contributed by atoms with Gasteiger partial charge in [0.05, 0.1) is 6.04 Å². The number of amides is 2. The number of carbonyl (C=O) groups excluding carboxylic acids is 2. The third-order valence-corrected chi connectivity index (χ3v) is 9.37. The molecule has 4 aliphatic rings. The standard InChI is InChI=1S/C32H43N7O3/c1-6-26(40)37-15-17-38(18-16-37)30-27-28(33-32(34-30)42-20-23-10-8-13-36(23)5)31(41)39(29(27)21(2)3)25-11-7-9-22-12-14-35(4)19-24(22)25/h6-7,9,11,21,23,29H,1,8,10,12-20H2,2-5H3/t23?,29-/m0/s1. The van der Waals surface area contributed by atoms with Crippen molar-refractivity contribution in [3.8, 4) is 6.01 Å². The van der Waals surface area contributed by atoms with Gasteiger partial charge in [0, 0.05) is 56.6 Å². The summed E-state index contributed by atoms with van der Waals surface area (Å²) in [6, 6.07) is 6.68. The summed E-state index contributed by atoms with van der Waals surface area (Å²) in [4.78, 5) is 47.1. The molecule has 0 saturated carbocycles. The number of ether oxygens (including phenoxy) is 1. The third-order valence-electron chi connectivity index (χ3n) is 9.37. The molecule has 0 bridgehead atoms. The minimum atomic E-state index is -0.218. The Bertz CT molecular complexity index is 1370. The molecule has 2 amide bonds. The van der Waals surface area contributed by atoms with Crippen LogP contribution in [-0.4, -0.2) is 102 Å². The zero-order chi connectivity index (χ0) is 29.5. The first-order valence-electron chi connectivity index (χ1n) is 15.3. The van der Waals surface area contributed by atoms with Gasteiger partial charge in [-0.1, -0.05) is 32.6 Å². The van der Waals surface area contributed by atoms with E-state index in [1.165, 1.54) is 17.2 Å². The Hall–Kier alpha value is -3.50. The normalized spacial score (nSPS) is 23.0. The molecule has 1 aromatic carbocycles. The Kier molecular flexibility index (Phi) is 7.93. The molecule has 4 aliphatic heterocycles. The molecule has 2 atom stereocenters. The highest BCUT2D eigenvalue weighted by molar-refractivity contribution is 6.11. The van der Waals surface area contributed by atoms with Gasteiger partial charge >= 0.3 is 6.01 Å². The van der Waals surface area contributed by atoms with Crippen LogP contribution in [0.5, 0.6) is 6.01 Å². The van der Waals surface area contributed by atoms with Gasteiger partial charge in [0.2, 0.25) is 5.91 Å². The van der Waals surface area contributed by atoms with Gasteiger partial charge in [0.15, 0.2) is 0 Å². The van der Waals surface area contributed by atoms with Gasteiger partial charge in [-0.2, -0.15) is 9.97 Å². The van der Waals surface area contributed by atoms with Crippen molar-refractivity contribution >= 4 is 23.3 Å². The van der Waals surface area contributed by atoms with E-state index in [1.807, 2.05) is 9.80 Å². The van der Waals surface area contributed by atoms with Gasteiger partial charge in [-0.05, 0) is 69.1 Å². The van der Waals surface area contributed by atoms with Crippen molar-refractivity contribution in [1.29, 1.82) is 0 Å². The lowest BCUT2D eigenvalue weighted by Gasteiger charge is -2.37. The van der Waals surface area contributed by atoms with E-state index in [1.54, 1.807) is 0 Å². The molecule has 2 fully saturated rings. The second-order valence-corrected chi connectivity index (χ2v) is 12.5. The van der Waals surface area contributed by atoms with Crippen LogP contribution < -0.4 is 14.5 Å². The molecule has 0 radical (unpaired) electrons. The van der Waals surface area contributed by atoms with Crippen molar-refractivity contribution in [2.24, 2.45) is 5.92 Å². The number of aromatic nitrogens is 2. The van der Waals surface area contributed by atoms with Crippen molar-refractivity contribution in [3.63, 3.8) is 0 Å². The number of hydrogen-bond donors (Lipinski definition) is 0. The number of nitrogens with zero attached hydrogens (tertiary/aromatic N) is 7. The molecule has 10 heteroatoms. The zero-order valence-corrected chi connectivity index (χ0v) is 25.4. The number of carbonyl (C=O) groups is 2. The molecule has 224 valence electrons. The molecule has 2 saturated heterocycles. The summed E-state index contributed by atoms with van der Waals surface area (Å²) in [7, 11) is 4.25. The Balaban J connectivity index is 1.41. The van der Waals surface area contributed by atoms with Crippen molar-refractivity contribution in [1.82, 2.24) is 24.7 Å². The first-order valence-corrected chi connectivity index (χ1v) is 15.3. The number of hydrogen-bond acceptors (Lipinski definition) is 8. The fourth-order valence-electron chi connectivity index (χ4n) is 6.99. The number of benzene rings is 1. The average molecular weight is 574 g/mol. The highest BCUT2D eigenvalue weighted by Crippen LogP contribution is 2.47. The molecule has 10 nitrogen and oxygen atoms in total. The van der Waals surface area contributed by atoms with Gasteiger partial charge in [0.1, 0.15) is 18.1 Å². The predicted molar refractivity (Wildman–Crippen MR) is 163 cm³/mol. The molecule has 0 aliphatic carbocycles. The number of likely N-dealkylation sites (N-methyl/N-ethyl adjacent to an activating group) is 2.